The van der Waals surface area contributed by atoms with Gasteiger partial charge in [-0.15, -0.1) is 0 Å². The molecular weight excluding hydrogens is 543 g/mol. The molecule has 3 heterocycles. The van der Waals surface area contributed by atoms with Gasteiger partial charge in [-0.1, -0.05) is 11.6 Å². The Morgan fingerprint density at radius 3 is 2.20 bits per heavy atom. The first-order chi connectivity index (χ1) is 18.5. The molecule has 4 fully saturated rings. The number of carbonyl (C=O) groups is 2. The lowest BCUT2D eigenvalue weighted by Crippen LogP contribution is -2.65. The van der Waals surface area contributed by atoms with E-state index < -0.39 is 90.2 Å². The van der Waals surface area contributed by atoms with E-state index in [1.54, 1.807) is 20.8 Å². The standard InChI is InChI=1S/C26H35F5N4O5/c1-22(2,3)39-21(38)35-14-23(5-4-6-23)17(36)11-16(35)19(37)34-9-7-24(8-10-34,26(29,30)31)20-32-18(33-40-20)15-12-25(27,28)13-15/h15-17,36H,4-14H2,1-3H3/t16-,17+/m0/s1. The van der Waals surface area contributed by atoms with E-state index in [1.807, 2.05) is 0 Å². The maximum Gasteiger partial charge on any atom is 0.410 e. The van der Waals surface area contributed by atoms with Crippen LogP contribution in [0.2, 0.25) is 0 Å². The molecule has 4 aliphatic rings. The normalized spacial score (nSPS) is 28.1. The summed E-state index contributed by atoms with van der Waals surface area (Å²) >= 11 is 0. The Bertz CT molecular complexity index is 1130. The van der Waals surface area contributed by atoms with Crippen molar-refractivity contribution < 1.29 is 45.9 Å². The van der Waals surface area contributed by atoms with E-state index in [1.165, 1.54) is 9.80 Å². The number of piperidine rings is 2. The highest BCUT2D eigenvalue weighted by molar-refractivity contribution is 5.86. The smallest absolute Gasteiger partial charge is 0.410 e. The first-order valence-electron chi connectivity index (χ1n) is 13.7. The minimum absolute atomic E-state index is 0.0297. The summed E-state index contributed by atoms with van der Waals surface area (Å²) in [6.07, 6.45) is -6.29. The average molecular weight is 579 g/mol. The summed E-state index contributed by atoms with van der Waals surface area (Å²) in [5, 5.41) is 14.5. The third-order valence-corrected chi connectivity index (χ3v) is 9.05. The summed E-state index contributed by atoms with van der Waals surface area (Å²) in [6, 6.07) is -1.08. The monoisotopic (exact) mass is 578 g/mol. The summed E-state index contributed by atoms with van der Waals surface area (Å²) < 4.78 is 80.4. The Morgan fingerprint density at radius 2 is 1.70 bits per heavy atom. The Kier molecular flexibility index (Phi) is 6.90. The molecule has 9 nitrogen and oxygen atoms in total. The van der Waals surface area contributed by atoms with Gasteiger partial charge in [0.25, 0.3) is 0 Å². The lowest BCUT2D eigenvalue weighted by atomic mass is 9.61. The zero-order valence-electron chi connectivity index (χ0n) is 22.8. The number of nitrogens with zero attached hydrogens (tertiary/aromatic N) is 4. The molecule has 14 heteroatoms. The zero-order valence-corrected chi connectivity index (χ0v) is 22.8. The van der Waals surface area contributed by atoms with Gasteiger partial charge < -0.3 is 19.3 Å². The highest BCUT2D eigenvalue weighted by Gasteiger charge is 2.62. The van der Waals surface area contributed by atoms with E-state index in [4.69, 9.17) is 9.26 Å². The number of ether oxygens (including phenoxy) is 1. The van der Waals surface area contributed by atoms with Gasteiger partial charge in [0.05, 0.1) is 6.10 Å². The molecule has 2 aliphatic heterocycles. The van der Waals surface area contributed by atoms with Crippen molar-refractivity contribution >= 4 is 12.0 Å². The number of amides is 2. The minimum Gasteiger partial charge on any atom is -0.444 e. The Balaban J connectivity index is 1.32. The predicted octanol–water partition coefficient (Wildman–Crippen LogP) is 4.55. The van der Waals surface area contributed by atoms with Crippen molar-refractivity contribution in [2.45, 2.75) is 113 Å². The van der Waals surface area contributed by atoms with Gasteiger partial charge >= 0.3 is 12.3 Å². The fourth-order valence-electron chi connectivity index (χ4n) is 6.39. The molecule has 0 radical (unpaired) electrons. The maximum atomic E-state index is 14.4. The number of likely N-dealkylation sites (tertiary alicyclic amines) is 2. The number of aliphatic hydroxyl groups is 1. The molecular formula is C26H35F5N4O5. The SMILES string of the molecule is CC(C)(C)OC(=O)N1CC2(CCC2)[C@H](O)C[C@H]1C(=O)N1CCC(c2nc(C3CC(F)(F)C3)no2)(C(F)(F)F)CC1. The van der Waals surface area contributed by atoms with Gasteiger partial charge in [0.15, 0.2) is 5.82 Å². The van der Waals surface area contributed by atoms with Crippen LogP contribution in [0, 0.1) is 5.41 Å². The fraction of sp³-hybridized carbons (Fsp3) is 0.846. The van der Waals surface area contributed by atoms with Gasteiger partial charge in [0.2, 0.25) is 17.7 Å². The summed E-state index contributed by atoms with van der Waals surface area (Å²) in [7, 11) is 0. The van der Waals surface area contributed by atoms with E-state index in [0.29, 0.717) is 12.8 Å². The van der Waals surface area contributed by atoms with E-state index in [2.05, 4.69) is 10.1 Å². The van der Waals surface area contributed by atoms with Crippen LogP contribution < -0.4 is 0 Å². The number of hydrogen-bond donors (Lipinski definition) is 1. The number of alkyl halides is 5. The minimum atomic E-state index is -4.80. The first kappa shape index (κ1) is 29.0. The first-order valence-corrected chi connectivity index (χ1v) is 13.7. The van der Waals surface area contributed by atoms with Crippen molar-refractivity contribution in [2.24, 2.45) is 5.41 Å². The van der Waals surface area contributed by atoms with Gasteiger partial charge in [0.1, 0.15) is 17.1 Å². The molecule has 1 aromatic heterocycles. The lowest BCUT2D eigenvalue weighted by Gasteiger charge is -2.54. The number of aromatic nitrogens is 2. The molecule has 224 valence electrons. The van der Waals surface area contributed by atoms with Crippen LogP contribution in [0.4, 0.5) is 26.7 Å². The molecule has 1 N–H and O–H groups in total. The third-order valence-electron chi connectivity index (χ3n) is 9.05. The van der Waals surface area contributed by atoms with Crippen molar-refractivity contribution in [2.75, 3.05) is 19.6 Å². The van der Waals surface area contributed by atoms with Gasteiger partial charge in [0, 0.05) is 50.2 Å². The average Bonchev–Trinajstić information content (AvgIpc) is 3.29. The van der Waals surface area contributed by atoms with Crippen molar-refractivity contribution in [1.82, 2.24) is 19.9 Å². The quantitative estimate of drug-likeness (QED) is 0.525. The summed E-state index contributed by atoms with van der Waals surface area (Å²) in [5.41, 5.74) is -3.88. The van der Waals surface area contributed by atoms with E-state index in [9.17, 15) is 36.6 Å². The Labute approximate surface area is 228 Å². The summed E-state index contributed by atoms with van der Waals surface area (Å²) in [6.45, 7) is 4.60. The molecule has 40 heavy (non-hydrogen) atoms. The summed E-state index contributed by atoms with van der Waals surface area (Å²) in [5.74, 6) is -5.07. The molecule has 0 unspecified atom stereocenters. The molecule has 1 spiro atoms. The van der Waals surface area contributed by atoms with Gasteiger partial charge in [-0.25, -0.2) is 13.6 Å². The number of carbonyl (C=O) groups excluding carboxylic acids is 2. The highest BCUT2D eigenvalue weighted by atomic mass is 19.4. The van der Waals surface area contributed by atoms with Gasteiger partial charge in [-0.2, -0.15) is 18.2 Å². The lowest BCUT2D eigenvalue weighted by molar-refractivity contribution is -0.211. The Morgan fingerprint density at radius 1 is 1.07 bits per heavy atom. The molecule has 2 atom stereocenters. The van der Waals surface area contributed by atoms with E-state index in [-0.39, 0.29) is 31.9 Å². The van der Waals surface area contributed by atoms with Crippen LogP contribution in [0.25, 0.3) is 0 Å². The van der Waals surface area contributed by atoms with Crippen LogP contribution in [0.15, 0.2) is 4.52 Å². The number of aliphatic hydroxyl groups excluding tert-OH is 1. The third kappa shape index (κ3) is 5.04. The zero-order chi connectivity index (χ0) is 29.3. The van der Waals surface area contributed by atoms with Crippen molar-refractivity contribution in [3.05, 3.63) is 11.7 Å². The van der Waals surface area contributed by atoms with E-state index in [0.717, 1.165) is 6.42 Å². The van der Waals surface area contributed by atoms with Crippen LogP contribution in [0.5, 0.6) is 0 Å². The second-order valence-corrected chi connectivity index (χ2v) is 12.9. The second-order valence-electron chi connectivity index (χ2n) is 12.9. The molecule has 5 rings (SSSR count). The molecule has 2 aliphatic carbocycles. The van der Waals surface area contributed by atoms with Crippen molar-refractivity contribution in [3.63, 3.8) is 0 Å². The van der Waals surface area contributed by atoms with Crippen LogP contribution in [-0.2, 0) is 14.9 Å². The Hall–Kier alpha value is -2.51. The molecule has 1 aromatic rings. The number of rotatable bonds is 3. The second kappa shape index (κ2) is 9.52. The fourth-order valence-corrected chi connectivity index (χ4v) is 6.39. The van der Waals surface area contributed by atoms with Crippen LogP contribution >= 0.6 is 0 Å². The molecule has 2 saturated heterocycles. The molecule has 0 aromatic carbocycles. The molecule has 2 amide bonds. The summed E-state index contributed by atoms with van der Waals surface area (Å²) in [4.78, 5) is 33.3. The maximum absolute atomic E-state index is 14.4. The van der Waals surface area contributed by atoms with Crippen LogP contribution in [0.1, 0.15) is 89.8 Å². The van der Waals surface area contributed by atoms with Crippen LogP contribution in [-0.4, -0.2) is 86.5 Å². The van der Waals surface area contributed by atoms with E-state index >= 15 is 0 Å². The van der Waals surface area contributed by atoms with Crippen molar-refractivity contribution in [1.29, 1.82) is 0 Å². The highest BCUT2D eigenvalue weighted by Crippen LogP contribution is 2.52. The number of halogens is 5. The molecule has 0 bridgehead atoms. The van der Waals surface area contributed by atoms with Crippen molar-refractivity contribution in [3.8, 4) is 0 Å². The largest absolute Gasteiger partial charge is 0.444 e. The number of hydrogen-bond acceptors (Lipinski definition) is 7. The van der Waals surface area contributed by atoms with Gasteiger partial charge in [-0.05, 0) is 46.5 Å². The predicted molar refractivity (Wildman–Crippen MR) is 128 cm³/mol. The van der Waals surface area contributed by atoms with Gasteiger partial charge in [-0.3, -0.25) is 9.69 Å². The topological polar surface area (TPSA) is 109 Å². The van der Waals surface area contributed by atoms with Crippen LogP contribution in [0.3, 0.4) is 0 Å². The molecule has 2 saturated carbocycles.